The molecule has 0 aliphatic rings. The fourth-order valence-corrected chi connectivity index (χ4v) is 5.24. The van der Waals surface area contributed by atoms with Gasteiger partial charge in [0.25, 0.3) is 0 Å². The summed E-state index contributed by atoms with van der Waals surface area (Å²) < 4.78 is 28.2. The summed E-state index contributed by atoms with van der Waals surface area (Å²) in [6, 6.07) is 23.0. The first-order valence-corrected chi connectivity index (χ1v) is 13.0. The van der Waals surface area contributed by atoms with Crippen molar-refractivity contribution in [2.24, 2.45) is 0 Å². The lowest BCUT2D eigenvalue weighted by Crippen LogP contribution is -2.33. The average Bonchev–Trinajstić information content (AvgIpc) is 2.85. The monoisotopic (exact) mass is 494 g/mol. The summed E-state index contributed by atoms with van der Waals surface area (Å²) in [7, 11) is -3.61. The van der Waals surface area contributed by atoms with Gasteiger partial charge in [-0.1, -0.05) is 54.1 Å². The Kier molecular flexibility index (Phi) is 8.13. The number of rotatable bonds is 11. The van der Waals surface area contributed by atoms with Crippen molar-refractivity contribution in [3.8, 4) is 0 Å². The second kappa shape index (κ2) is 11.4. The molecule has 0 spiro atoms. The molecule has 0 amide bonds. The lowest BCUT2D eigenvalue weighted by Gasteiger charge is -2.14. The minimum Gasteiger partial charge on any atom is -0.384 e. The number of hydrogen-bond donors (Lipinski definition) is 3. The molecule has 34 heavy (non-hydrogen) atoms. The van der Waals surface area contributed by atoms with Crippen LogP contribution in [0.25, 0.3) is 10.8 Å². The molecule has 3 N–H and O–H groups in total. The second-order valence-corrected chi connectivity index (χ2v) is 10.1. The Morgan fingerprint density at radius 2 is 1.68 bits per heavy atom. The van der Waals surface area contributed by atoms with Crippen LogP contribution in [0, 0.1) is 0 Å². The molecule has 1 heterocycles. The molecule has 0 bridgehead atoms. The van der Waals surface area contributed by atoms with Gasteiger partial charge in [0.2, 0.25) is 10.0 Å². The zero-order valence-electron chi connectivity index (χ0n) is 18.7. The maximum atomic E-state index is 12.8. The van der Waals surface area contributed by atoms with Gasteiger partial charge in [0.05, 0.1) is 4.90 Å². The van der Waals surface area contributed by atoms with Crippen LogP contribution in [-0.2, 0) is 16.4 Å². The molecule has 4 aromatic rings. The molecule has 0 saturated heterocycles. The second-order valence-electron chi connectivity index (χ2n) is 7.89. The molecule has 0 aliphatic heterocycles. The molecule has 1 aromatic heterocycles. The van der Waals surface area contributed by atoms with Crippen molar-refractivity contribution >= 4 is 38.1 Å². The number of fused-ring (bicyclic) bond motifs is 1. The van der Waals surface area contributed by atoms with Crippen LogP contribution in [0.3, 0.4) is 0 Å². The van der Waals surface area contributed by atoms with Crippen LogP contribution in [0.2, 0.25) is 5.02 Å². The number of pyridine rings is 1. The van der Waals surface area contributed by atoms with E-state index in [1.165, 1.54) is 5.56 Å². The first-order chi connectivity index (χ1) is 16.5. The summed E-state index contributed by atoms with van der Waals surface area (Å²) in [6.45, 7) is 2.20. The number of nitrogens with one attached hydrogen (secondary N) is 3. The molecule has 0 atom stereocenters. The van der Waals surface area contributed by atoms with E-state index in [2.05, 4.69) is 32.5 Å². The van der Waals surface area contributed by atoms with Gasteiger partial charge in [-0.15, -0.1) is 0 Å². The molecule has 3 aromatic carbocycles. The van der Waals surface area contributed by atoms with Gasteiger partial charge in [-0.2, -0.15) is 0 Å². The third-order valence-corrected chi connectivity index (χ3v) is 7.20. The number of anilines is 1. The van der Waals surface area contributed by atoms with E-state index in [9.17, 15) is 8.42 Å². The van der Waals surface area contributed by atoms with E-state index in [-0.39, 0.29) is 4.90 Å². The largest absolute Gasteiger partial charge is 0.384 e. The summed E-state index contributed by atoms with van der Waals surface area (Å²) in [5.41, 5.74) is 3.40. The molecule has 0 saturated carbocycles. The van der Waals surface area contributed by atoms with Gasteiger partial charge in [0.1, 0.15) is 0 Å². The Balaban J connectivity index is 1.24. The standard InChI is InChI=1S/C26H27ClN4O2S/c27-23-9-10-25(22(18-23)17-20-5-2-1-3-6-20)30-15-13-28-14-16-31-34(32,33)26-8-4-7-21-19-29-12-11-24(21)26/h1-12,18-19,28,30-31H,13-17H2. The molecule has 176 valence electrons. The number of nitrogens with zero attached hydrogens (tertiary/aromatic N) is 1. The van der Waals surface area contributed by atoms with Gasteiger partial charge in [0.15, 0.2) is 0 Å². The predicted octanol–water partition coefficient (Wildman–Crippen LogP) is 4.46. The van der Waals surface area contributed by atoms with Gasteiger partial charge < -0.3 is 10.6 Å². The summed E-state index contributed by atoms with van der Waals surface area (Å²) in [6.07, 6.45) is 4.06. The number of sulfonamides is 1. The quantitative estimate of drug-likeness (QED) is 0.268. The maximum absolute atomic E-state index is 12.8. The van der Waals surface area contributed by atoms with Crippen molar-refractivity contribution < 1.29 is 8.42 Å². The maximum Gasteiger partial charge on any atom is 0.241 e. The normalized spacial score (nSPS) is 11.6. The summed E-state index contributed by atoms with van der Waals surface area (Å²) in [5.74, 6) is 0. The zero-order valence-corrected chi connectivity index (χ0v) is 20.2. The predicted molar refractivity (Wildman–Crippen MR) is 139 cm³/mol. The number of hydrogen-bond acceptors (Lipinski definition) is 5. The minimum atomic E-state index is -3.61. The number of benzene rings is 3. The molecule has 8 heteroatoms. The van der Waals surface area contributed by atoms with Crippen molar-refractivity contribution in [1.29, 1.82) is 0 Å². The fourth-order valence-electron chi connectivity index (χ4n) is 3.79. The van der Waals surface area contributed by atoms with Gasteiger partial charge in [-0.05, 0) is 47.9 Å². The van der Waals surface area contributed by atoms with E-state index < -0.39 is 10.0 Å². The van der Waals surface area contributed by atoms with Crippen molar-refractivity contribution in [1.82, 2.24) is 15.0 Å². The molecular formula is C26H27ClN4O2S. The van der Waals surface area contributed by atoms with Crippen LogP contribution >= 0.6 is 11.6 Å². The lowest BCUT2D eigenvalue weighted by molar-refractivity contribution is 0.577. The third-order valence-electron chi connectivity index (χ3n) is 5.45. The Bertz CT molecular complexity index is 1340. The SMILES string of the molecule is O=S(=O)(NCCNCCNc1ccc(Cl)cc1Cc1ccccc1)c1cccc2cnccc12. The van der Waals surface area contributed by atoms with Gasteiger partial charge in [0, 0.05) is 60.1 Å². The number of halogens is 1. The minimum absolute atomic E-state index is 0.266. The van der Waals surface area contributed by atoms with Crippen LogP contribution in [0.5, 0.6) is 0 Å². The first-order valence-electron chi connectivity index (χ1n) is 11.1. The van der Waals surface area contributed by atoms with E-state index in [4.69, 9.17) is 11.6 Å². The Labute approximate surface area is 205 Å². The average molecular weight is 495 g/mol. The van der Waals surface area contributed by atoms with Crippen LogP contribution in [0.1, 0.15) is 11.1 Å². The number of aromatic nitrogens is 1. The lowest BCUT2D eigenvalue weighted by atomic mass is 10.0. The van der Waals surface area contributed by atoms with Crippen molar-refractivity contribution in [3.05, 3.63) is 101 Å². The summed E-state index contributed by atoms with van der Waals surface area (Å²) in [4.78, 5) is 4.32. The highest BCUT2D eigenvalue weighted by molar-refractivity contribution is 7.89. The van der Waals surface area contributed by atoms with E-state index in [0.717, 1.165) is 23.1 Å². The zero-order chi connectivity index (χ0) is 23.8. The summed E-state index contributed by atoms with van der Waals surface area (Å²) in [5, 5.41) is 8.89. The Morgan fingerprint density at radius 3 is 2.53 bits per heavy atom. The first kappa shape index (κ1) is 24.2. The van der Waals surface area contributed by atoms with Crippen molar-refractivity contribution in [2.75, 3.05) is 31.5 Å². The van der Waals surface area contributed by atoms with E-state index in [0.29, 0.717) is 36.6 Å². The smallest absolute Gasteiger partial charge is 0.241 e. The van der Waals surface area contributed by atoms with Gasteiger partial charge in [-0.3, -0.25) is 4.98 Å². The molecule has 0 aliphatic carbocycles. The molecule has 0 unspecified atom stereocenters. The molecule has 0 radical (unpaired) electrons. The van der Waals surface area contributed by atoms with E-state index >= 15 is 0 Å². The van der Waals surface area contributed by atoms with Gasteiger partial charge >= 0.3 is 0 Å². The summed E-state index contributed by atoms with van der Waals surface area (Å²) >= 11 is 6.22. The Morgan fingerprint density at radius 1 is 0.853 bits per heavy atom. The van der Waals surface area contributed by atoms with Gasteiger partial charge in [-0.25, -0.2) is 13.1 Å². The van der Waals surface area contributed by atoms with Crippen LogP contribution in [-0.4, -0.2) is 39.6 Å². The van der Waals surface area contributed by atoms with Crippen LogP contribution in [0.15, 0.2) is 90.1 Å². The molecule has 6 nitrogen and oxygen atoms in total. The van der Waals surface area contributed by atoms with E-state index in [1.54, 1.807) is 30.6 Å². The topological polar surface area (TPSA) is 83.1 Å². The van der Waals surface area contributed by atoms with Crippen LogP contribution < -0.4 is 15.4 Å². The third kappa shape index (κ3) is 6.33. The molecular weight excluding hydrogens is 468 g/mol. The highest BCUT2D eigenvalue weighted by Crippen LogP contribution is 2.24. The van der Waals surface area contributed by atoms with Crippen molar-refractivity contribution in [3.63, 3.8) is 0 Å². The van der Waals surface area contributed by atoms with Crippen molar-refractivity contribution in [2.45, 2.75) is 11.3 Å². The van der Waals surface area contributed by atoms with E-state index in [1.807, 2.05) is 42.5 Å². The Hall–Kier alpha value is -2.97. The van der Waals surface area contributed by atoms with Crippen LogP contribution in [0.4, 0.5) is 5.69 Å². The molecule has 4 rings (SSSR count). The fraction of sp³-hybridized carbons (Fsp3) is 0.192. The highest BCUT2D eigenvalue weighted by Gasteiger charge is 2.16. The highest BCUT2D eigenvalue weighted by atomic mass is 35.5. The molecule has 0 fully saturated rings.